The first-order valence-corrected chi connectivity index (χ1v) is 12.3. The Labute approximate surface area is 172 Å². The SMILES string of the molecule is CCOC1=C2CN(S(C)(=O)=O)CCC2N(C(=O)C2CCC(C)CC2)c2[nH]ncc21. The predicted octanol–water partition coefficient (Wildman–Crippen LogP) is 2.36. The molecule has 1 aliphatic carbocycles. The van der Waals surface area contributed by atoms with Crippen molar-refractivity contribution in [2.75, 3.05) is 30.9 Å². The van der Waals surface area contributed by atoms with E-state index >= 15 is 0 Å². The molecule has 9 heteroatoms. The summed E-state index contributed by atoms with van der Waals surface area (Å²) in [5, 5.41) is 7.20. The van der Waals surface area contributed by atoms with Gasteiger partial charge in [0.2, 0.25) is 15.9 Å². The maximum atomic E-state index is 13.6. The Hall–Kier alpha value is -1.87. The molecular weight excluding hydrogens is 392 g/mol. The molecule has 8 nitrogen and oxygen atoms in total. The fraction of sp³-hybridized carbons (Fsp3) is 0.700. The second-order valence-corrected chi connectivity index (χ2v) is 10.5. The van der Waals surface area contributed by atoms with Crippen molar-refractivity contribution in [1.82, 2.24) is 14.5 Å². The fourth-order valence-electron chi connectivity index (χ4n) is 4.85. The van der Waals surface area contributed by atoms with E-state index in [9.17, 15) is 13.2 Å². The third-order valence-corrected chi connectivity index (χ3v) is 7.72. The largest absolute Gasteiger partial charge is 0.493 e. The summed E-state index contributed by atoms with van der Waals surface area (Å²) in [5.74, 6) is 2.13. The molecule has 2 aliphatic heterocycles. The second-order valence-electron chi connectivity index (χ2n) is 8.49. The van der Waals surface area contributed by atoms with Crippen molar-refractivity contribution in [3.05, 3.63) is 17.3 Å². The van der Waals surface area contributed by atoms with Gasteiger partial charge in [-0.1, -0.05) is 6.92 Å². The average molecular weight is 423 g/mol. The van der Waals surface area contributed by atoms with E-state index in [1.54, 1.807) is 6.20 Å². The van der Waals surface area contributed by atoms with Gasteiger partial charge in [-0.2, -0.15) is 9.40 Å². The molecule has 3 heterocycles. The second kappa shape index (κ2) is 7.75. The monoisotopic (exact) mass is 422 g/mol. The Morgan fingerprint density at radius 2 is 2.00 bits per heavy atom. The number of amides is 1. The number of piperidine rings is 1. The van der Waals surface area contributed by atoms with Gasteiger partial charge in [0.15, 0.2) is 0 Å². The Kier molecular flexibility index (Phi) is 5.46. The number of aromatic amines is 1. The third kappa shape index (κ3) is 3.70. The van der Waals surface area contributed by atoms with Gasteiger partial charge >= 0.3 is 0 Å². The molecule has 2 fully saturated rings. The van der Waals surface area contributed by atoms with Gasteiger partial charge in [-0.3, -0.25) is 14.8 Å². The molecule has 0 radical (unpaired) electrons. The zero-order valence-corrected chi connectivity index (χ0v) is 18.2. The summed E-state index contributed by atoms with van der Waals surface area (Å²) in [5.41, 5.74) is 1.60. The Morgan fingerprint density at radius 3 is 2.66 bits per heavy atom. The molecule has 29 heavy (non-hydrogen) atoms. The lowest BCUT2D eigenvalue weighted by molar-refractivity contribution is -0.124. The van der Waals surface area contributed by atoms with Crippen molar-refractivity contribution >= 4 is 27.5 Å². The van der Waals surface area contributed by atoms with E-state index in [0.29, 0.717) is 37.1 Å². The van der Waals surface area contributed by atoms with Crippen molar-refractivity contribution < 1.29 is 17.9 Å². The molecule has 4 rings (SSSR count). The highest BCUT2D eigenvalue weighted by molar-refractivity contribution is 7.88. The normalized spacial score (nSPS) is 28.1. The quantitative estimate of drug-likeness (QED) is 0.804. The minimum Gasteiger partial charge on any atom is -0.493 e. The summed E-state index contributed by atoms with van der Waals surface area (Å²) in [7, 11) is -3.33. The number of sulfonamides is 1. The van der Waals surface area contributed by atoms with E-state index in [1.165, 1.54) is 10.6 Å². The summed E-state index contributed by atoms with van der Waals surface area (Å²) in [4.78, 5) is 15.4. The van der Waals surface area contributed by atoms with Gasteiger partial charge in [-0.05, 0) is 44.9 Å². The number of carbonyl (C=O) groups is 1. The van der Waals surface area contributed by atoms with Crippen LogP contribution < -0.4 is 4.90 Å². The van der Waals surface area contributed by atoms with Crippen LogP contribution in [0.3, 0.4) is 0 Å². The minimum absolute atomic E-state index is 0.00480. The number of nitrogens with one attached hydrogen (secondary N) is 1. The first-order chi connectivity index (χ1) is 13.8. The highest BCUT2D eigenvalue weighted by atomic mass is 32.2. The topological polar surface area (TPSA) is 95.6 Å². The van der Waals surface area contributed by atoms with Gasteiger partial charge in [0, 0.05) is 24.6 Å². The molecule has 3 aliphatic rings. The van der Waals surface area contributed by atoms with Crippen LogP contribution in [-0.4, -0.2) is 60.8 Å². The number of ether oxygens (including phenoxy) is 1. The number of hydrogen-bond acceptors (Lipinski definition) is 5. The Morgan fingerprint density at radius 1 is 1.28 bits per heavy atom. The van der Waals surface area contributed by atoms with Gasteiger partial charge in [-0.15, -0.1) is 0 Å². The number of H-pyrrole nitrogens is 1. The number of nitrogens with zero attached hydrogens (tertiary/aromatic N) is 3. The number of aromatic nitrogens is 2. The van der Waals surface area contributed by atoms with E-state index < -0.39 is 10.0 Å². The predicted molar refractivity (Wildman–Crippen MR) is 111 cm³/mol. The van der Waals surface area contributed by atoms with Crippen LogP contribution in [0.25, 0.3) is 5.76 Å². The third-order valence-electron chi connectivity index (χ3n) is 6.47. The van der Waals surface area contributed by atoms with E-state index in [1.807, 2.05) is 11.8 Å². The molecule has 1 aromatic rings. The molecule has 1 N–H and O–H groups in total. The molecule has 160 valence electrons. The van der Waals surface area contributed by atoms with Crippen molar-refractivity contribution in [2.24, 2.45) is 11.8 Å². The maximum absolute atomic E-state index is 13.6. The van der Waals surface area contributed by atoms with Crippen LogP contribution in [-0.2, 0) is 19.6 Å². The average Bonchev–Trinajstić information content (AvgIpc) is 3.16. The van der Waals surface area contributed by atoms with E-state index in [2.05, 4.69) is 17.1 Å². The van der Waals surface area contributed by atoms with Gasteiger partial charge in [-0.25, -0.2) is 8.42 Å². The smallest absolute Gasteiger partial charge is 0.231 e. The highest BCUT2D eigenvalue weighted by Crippen LogP contribution is 2.43. The van der Waals surface area contributed by atoms with Gasteiger partial charge in [0.1, 0.15) is 11.6 Å². The summed E-state index contributed by atoms with van der Waals surface area (Å²) in [6.45, 7) is 5.24. The molecule has 0 aromatic carbocycles. The maximum Gasteiger partial charge on any atom is 0.231 e. The lowest BCUT2D eigenvalue weighted by Gasteiger charge is -2.44. The molecule has 1 atom stereocenters. The van der Waals surface area contributed by atoms with Crippen molar-refractivity contribution in [3.63, 3.8) is 0 Å². The van der Waals surface area contributed by atoms with Crippen molar-refractivity contribution in [3.8, 4) is 0 Å². The van der Waals surface area contributed by atoms with Gasteiger partial charge in [0.25, 0.3) is 0 Å². The number of anilines is 1. The Balaban J connectivity index is 1.73. The molecule has 0 bridgehead atoms. The van der Waals surface area contributed by atoms with E-state index in [-0.39, 0.29) is 24.4 Å². The van der Waals surface area contributed by atoms with Crippen LogP contribution >= 0.6 is 0 Å². The highest BCUT2D eigenvalue weighted by Gasteiger charge is 2.44. The van der Waals surface area contributed by atoms with Crippen LogP contribution in [0, 0.1) is 11.8 Å². The zero-order chi connectivity index (χ0) is 20.8. The molecule has 1 saturated carbocycles. The summed E-state index contributed by atoms with van der Waals surface area (Å²) in [6, 6.07) is -0.200. The van der Waals surface area contributed by atoms with Crippen molar-refractivity contribution in [2.45, 2.75) is 52.0 Å². The summed E-state index contributed by atoms with van der Waals surface area (Å²) < 4.78 is 31.8. The number of fused-ring (bicyclic) bond motifs is 2. The number of carbonyl (C=O) groups excluding carboxylic acids is 1. The van der Waals surface area contributed by atoms with Crippen LogP contribution in [0.4, 0.5) is 5.82 Å². The zero-order valence-electron chi connectivity index (χ0n) is 17.3. The van der Waals surface area contributed by atoms with E-state index in [0.717, 1.165) is 36.8 Å². The van der Waals surface area contributed by atoms with Gasteiger partial charge in [0.05, 0.1) is 30.7 Å². The standard InChI is InChI=1S/C20H30N4O4S/c1-4-28-18-15-11-21-22-19(15)24(20(25)14-7-5-13(2)6-8-14)17-9-10-23(12-16(17)18)29(3,26)27/h11,13-14,17H,4-10,12H2,1-3H3,(H,21,22). The molecule has 1 amide bonds. The van der Waals surface area contributed by atoms with Crippen LogP contribution in [0.5, 0.6) is 0 Å². The fourth-order valence-corrected chi connectivity index (χ4v) is 5.66. The number of rotatable bonds is 4. The minimum atomic E-state index is -3.33. The molecule has 1 saturated heterocycles. The lowest BCUT2D eigenvalue weighted by Crippen LogP contribution is -2.54. The lowest BCUT2D eigenvalue weighted by atomic mass is 9.81. The molecular formula is C20H30N4O4S. The van der Waals surface area contributed by atoms with Crippen LogP contribution in [0.2, 0.25) is 0 Å². The molecule has 1 unspecified atom stereocenters. The number of hydrogen-bond donors (Lipinski definition) is 1. The van der Waals surface area contributed by atoms with Crippen LogP contribution in [0.1, 0.15) is 51.5 Å². The summed E-state index contributed by atoms with van der Waals surface area (Å²) >= 11 is 0. The molecule has 0 spiro atoms. The van der Waals surface area contributed by atoms with Gasteiger partial charge < -0.3 is 4.74 Å². The Bertz CT molecular complexity index is 915. The first kappa shape index (κ1) is 20.4. The summed E-state index contributed by atoms with van der Waals surface area (Å²) in [6.07, 6.45) is 7.39. The first-order valence-electron chi connectivity index (χ1n) is 10.5. The molecule has 1 aromatic heterocycles. The van der Waals surface area contributed by atoms with E-state index in [4.69, 9.17) is 4.74 Å². The van der Waals surface area contributed by atoms with Crippen molar-refractivity contribution in [1.29, 1.82) is 0 Å². The van der Waals surface area contributed by atoms with Crippen LogP contribution in [0.15, 0.2) is 11.8 Å².